The number of anilines is 1. The molecule has 15 heavy (non-hydrogen) atoms. The van der Waals surface area contributed by atoms with Crippen molar-refractivity contribution in [2.75, 3.05) is 11.9 Å². The molecule has 0 bridgehead atoms. The zero-order chi connectivity index (χ0) is 11.4. The molecule has 0 aliphatic heterocycles. The molecule has 2 nitrogen and oxygen atoms in total. The van der Waals surface area contributed by atoms with Crippen LogP contribution in [0, 0.1) is 24.1 Å². The van der Waals surface area contributed by atoms with Crippen LogP contribution >= 0.6 is 0 Å². The smallest absolute Gasteiger partial charge is 0.128 e. The molecule has 0 spiro atoms. The summed E-state index contributed by atoms with van der Waals surface area (Å²) in [4.78, 5) is 1.93. The topological polar surface area (TPSA) is 27.0 Å². The summed E-state index contributed by atoms with van der Waals surface area (Å²) in [6, 6.07) is 7.21. The van der Waals surface area contributed by atoms with Gasteiger partial charge in [-0.3, -0.25) is 0 Å². The highest BCUT2D eigenvalue weighted by Crippen LogP contribution is 2.23. The van der Waals surface area contributed by atoms with E-state index in [-0.39, 0.29) is 11.9 Å². The number of benzene rings is 1. The van der Waals surface area contributed by atoms with Gasteiger partial charge in [0.2, 0.25) is 0 Å². The van der Waals surface area contributed by atoms with Crippen LogP contribution in [0.4, 0.5) is 10.1 Å². The maximum absolute atomic E-state index is 13.3. The van der Waals surface area contributed by atoms with Gasteiger partial charge in [0.15, 0.2) is 0 Å². The average molecular weight is 206 g/mol. The Balaban J connectivity index is 2.96. The van der Waals surface area contributed by atoms with Gasteiger partial charge in [0.05, 0.1) is 12.5 Å². The SMILES string of the molecule is Cc1c(F)cccc1N(C)C(C)CC#N. The molecule has 0 radical (unpaired) electrons. The number of nitriles is 1. The van der Waals surface area contributed by atoms with Crippen molar-refractivity contribution in [3.05, 3.63) is 29.6 Å². The van der Waals surface area contributed by atoms with Crippen molar-refractivity contribution in [2.45, 2.75) is 26.3 Å². The van der Waals surface area contributed by atoms with E-state index in [0.717, 1.165) is 5.69 Å². The van der Waals surface area contributed by atoms with Crippen LogP contribution < -0.4 is 4.90 Å². The largest absolute Gasteiger partial charge is 0.371 e. The molecular formula is C12H15FN2. The highest BCUT2D eigenvalue weighted by atomic mass is 19.1. The summed E-state index contributed by atoms with van der Waals surface area (Å²) in [5, 5.41) is 8.61. The number of nitrogens with zero attached hydrogens (tertiary/aromatic N) is 2. The molecule has 0 aliphatic rings. The second kappa shape index (κ2) is 4.79. The van der Waals surface area contributed by atoms with Crippen LogP contribution in [0.1, 0.15) is 18.9 Å². The van der Waals surface area contributed by atoms with E-state index in [1.807, 2.05) is 24.9 Å². The van der Waals surface area contributed by atoms with Crippen molar-refractivity contribution >= 4 is 5.69 Å². The molecule has 1 atom stereocenters. The Morgan fingerprint density at radius 2 is 2.20 bits per heavy atom. The zero-order valence-electron chi connectivity index (χ0n) is 9.29. The number of rotatable bonds is 3. The molecule has 0 saturated heterocycles. The van der Waals surface area contributed by atoms with Gasteiger partial charge in [-0.25, -0.2) is 4.39 Å². The molecule has 1 aromatic rings. The average Bonchev–Trinajstić information content (AvgIpc) is 2.21. The summed E-state index contributed by atoms with van der Waals surface area (Å²) in [5.74, 6) is -0.205. The maximum Gasteiger partial charge on any atom is 0.128 e. The third-order valence-electron chi connectivity index (χ3n) is 2.67. The number of halogens is 1. The molecule has 0 amide bonds. The summed E-state index contributed by atoms with van der Waals surface area (Å²) < 4.78 is 13.3. The third kappa shape index (κ3) is 2.47. The van der Waals surface area contributed by atoms with Crippen LogP contribution in [0.2, 0.25) is 0 Å². The van der Waals surface area contributed by atoms with E-state index in [1.54, 1.807) is 13.0 Å². The standard InChI is InChI=1S/C12H15FN2/c1-9(7-8-14)15(3)12-6-4-5-11(13)10(12)2/h4-6,9H,7H2,1-3H3. The molecule has 0 aromatic heterocycles. The fourth-order valence-electron chi connectivity index (χ4n) is 1.48. The van der Waals surface area contributed by atoms with Crippen molar-refractivity contribution in [1.29, 1.82) is 5.26 Å². The minimum atomic E-state index is -0.205. The summed E-state index contributed by atoms with van der Waals surface area (Å²) >= 11 is 0. The van der Waals surface area contributed by atoms with Gasteiger partial charge < -0.3 is 4.90 Å². The molecule has 1 rings (SSSR count). The second-order valence-electron chi connectivity index (χ2n) is 3.71. The van der Waals surface area contributed by atoms with Gasteiger partial charge in [-0.05, 0) is 26.0 Å². The molecule has 0 N–H and O–H groups in total. The van der Waals surface area contributed by atoms with Gasteiger partial charge in [-0.2, -0.15) is 5.26 Å². The van der Waals surface area contributed by atoms with Crippen molar-refractivity contribution < 1.29 is 4.39 Å². The fourth-order valence-corrected chi connectivity index (χ4v) is 1.48. The predicted molar refractivity (Wildman–Crippen MR) is 59.2 cm³/mol. The van der Waals surface area contributed by atoms with Crippen molar-refractivity contribution in [3.63, 3.8) is 0 Å². The molecular weight excluding hydrogens is 191 g/mol. The Kier molecular flexibility index (Phi) is 3.68. The van der Waals surface area contributed by atoms with Crippen molar-refractivity contribution in [3.8, 4) is 6.07 Å². The van der Waals surface area contributed by atoms with Gasteiger partial charge in [0, 0.05) is 24.3 Å². The fraction of sp³-hybridized carbons (Fsp3) is 0.417. The lowest BCUT2D eigenvalue weighted by molar-refractivity contribution is 0.614. The Bertz CT molecular complexity index is 382. The summed E-state index contributed by atoms with van der Waals surface area (Å²) in [5.41, 5.74) is 1.47. The maximum atomic E-state index is 13.3. The Morgan fingerprint density at radius 1 is 1.53 bits per heavy atom. The van der Waals surface area contributed by atoms with Gasteiger partial charge in [-0.15, -0.1) is 0 Å². The molecule has 3 heteroatoms. The first-order valence-corrected chi connectivity index (χ1v) is 4.92. The summed E-state index contributed by atoms with van der Waals surface area (Å²) in [6.45, 7) is 3.70. The first-order valence-electron chi connectivity index (χ1n) is 4.92. The minimum absolute atomic E-state index is 0.0931. The van der Waals surface area contributed by atoms with E-state index in [0.29, 0.717) is 12.0 Å². The third-order valence-corrected chi connectivity index (χ3v) is 2.67. The van der Waals surface area contributed by atoms with Crippen molar-refractivity contribution in [2.24, 2.45) is 0 Å². The van der Waals surface area contributed by atoms with Gasteiger partial charge in [-0.1, -0.05) is 6.07 Å². The predicted octanol–water partition coefficient (Wildman–Crippen LogP) is 2.87. The summed E-state index contributed by atoms with van der Waals surface area (Å²) in [7, 11) is 1.88. The minimum Gasteiger partial charge on any atom is -0.371 e. The Hall–Kier alpha value is -1.56. The van der Waals surface area contributed by atoms with Crippen LogP contribution in [-0.4, -0.2) is 13.1 Å². The van der Waals surface area contributed by atoms with Crippen LogP contribution in [0.25, 0.3) is 0 Å². The number of hydrogen-bond acceptors (Lipinski definition) is 2. The van der Waals surface area contributed by atoms with E-state index in [4.69, 9.17) is 5.26 Å². The lowest BCUT2D eigenvalue weighted by atomic mass is 10.1. The van der Waals surface area contributed by atoms with E-state index in [9.17, 15) is 4.39 Å². The van der Waals surface area contributed by atoms with Gasteiger partial charge >= 0.3 is 0 Å². The lowest BCUT2D eigenvalue weighted by Gasteiger charge is -2.26. The Labute approximate surface area is 89.9 Å². The van der Waals surface area contributed by atoms with E-state index in [1.165, 1.54) is 6.07 Å². The molecule has 1 unspecified atom stereocenters. The summed E-state index contributed by atoms with van der Waals surface area (Å²) in [6.07, 6.45) is 0.437. The monoisotopic (exact) mass is 206 g/mol. The molecule has 80 valence electrons. The van der Waals surface area contributed by atoms with E-state index < -0.39 is 0 Å². The van der Waals surface area contributed by atoms with Gasteiger partial charge in [0.1, 0.15) is 5.82 Å². The first-order chi connectivity index (χ1) is 7.07. The van der Waals surface area contributed by atoms with Crippen LogP contribution in [0.5, 0.6) is 0 Å². The molecule has 0 heterocycles. The van der Waals surface area contributed by atoms with E-state index >= 15 is 0 Å². The van der Waals surface area contributed by atoms with Crippen LogP contribution in [-0.2, 0) is 0 Å². The first kappa shape index (κ1) is 11.5. The Morgan fingerprint density at radius 3 is 2.80 bits per heavy atom. The molecule has 0 fully saturated rings. The molecule has 0 saturated carbocycles. The highest BCUT2D eigenvalue weighted by Gasteiger charge is 2.13. The van der Waals surface area contributed by atoms with Crippen LogP contribution in [0.15, 0.2) is 18.2 Å². The highest BCUT2D eigenvalue weighted by molar-refractivity contribution is 5.53. The lowest BCUT2D eigenvalue weighted by Crippen LogP contribution is -2.29. The van der Waals surface area contributed by atoms with Crippen LogP contribution in [0.3, 0.4) is 0 Å². The van der Waals surface area contributed by atoms with Gasteiger partial charge in [0.25, 0.3) is 0 Å². The zero-order valence-corrected chi connectivity index (χ0v) is 9.29. The molecule has 0 aliphatic carbocycles. The second-order valence-corrected chi connectivity index (χ2v) is 3.71. The number of hydrogen-bond donors (Lipinski definition) is 0. The molecule has 1 aromatic carbocycles. The van der Waals surface area contributed by atoms with E-state index in [2.05, 4.69) is 6.07 Å². The quantitative estimate of drug-likeness (QED) is 0.760. The van der Waals surface area contributed by atoms with Crippen molar-refractivity contribution in [1.82, 2.24) is 0 Å². The normalized spacial score (nSPS) is 11.9.